The van der Waals surface area contributed by atoms with E-state index < -0.39 is 24.6 Å². The first-order valence-electron chi connectivity index (χ1n) is 4.27. The summed E-state index contributed by atoms with van der Waals surface area (Å²) in [5.41, 5.74) is 0. The second-order valence-electron chi connectivity index (χ2n) is 3.11. The number of aliphatic carboxylic acids is 1. The first-order valence-corrected chi connectivity index (χ1v) is 4.27. The molecule has 0 aromatic carbocycles. The highest BCUT2D eigenvalue weighted by molar-refractivity contribution is 5.73. The SMILES string of the molecule is CCC(C(=O)O)N(C)CCC(F)(F)F. The highest BCUT2D eigenvalue weighted by Gasteiger charge is 2.29. The van der Waals surface area contributed by atoms with Crippen LogP contribution in [-0.4, -0.2) is 41.8 Å². The van der Waals surface area contributed by atoms with Crippen molar-refractivity contribution in [1.29, 1.82) is 0 Å². The molecule has 0 spiro atoms. The Morgan fingerprint density at radius 2 is 2.00 bits per heavy atom. The van der Waals surface area contributed by atoms with Crippen molar-refractivity contribution >= 4 is 5.97 Å². The largest absolute Gasteiger partial charge is 0.480 e. The normalized spacial score (nSPS) is 14.4. The van der Waals surface area contributed by atoms with Crippen LogP contribution in [0.25, 0.3) is 0 Å². The second kappa shape index (κ2) is 5.19. The molecule has 0 bridgehead atoms. The average molecular weight is 213 g/mol. The second-order valence-corrected chi connectivity index (χ2v) is 3.11. The molecule has 0 aliphatic rings. The number of halogens is 3. The molecule has 3 nitrogen and oxygen atoms in total. The maximum absolute atomic E-state index is 11.8. The zero-order chi connectivity index (χ0) is 11.4. The van der Waals surface area contributed by atoms with Gasteiger partial charge in [-0.05, 0) is 13.5 Å². The topological polar surface area (TPSA) is 40.5 Å². The molecular weight excluding hydrogens is 199 g/mol. The molecule has 0 rings (SSSR count). The lowest BCUT2D eigenvalue weighted by molar-refractivity contribution is -0.149. The first kappa shape index (κ1) is 13.2. The van der Waals surface area contributed by atoms with Gasteiger partial charge in [-0.3, -0.25) is 9.69 Å². The van der Waals surface area contributed by atoms with Gasteiger partial charge in [-0.25, -0.2) is 0 Å². The molecule has 1 N–H and O–H groups in total. The van der Waals surface area contributed by atoms with Crippen molar-refractivity contribution in [2.75, 3.05) is 13.6 Å². The quantitative estimate of drug-likeness (QED) is 0.756. The van der Waals surface area contributed by atoms with Gasteiger partial charge in [-0.1, -0.05) is 6.92 Å². The number of alkyl halides is 3. The number of carboxylic acids is 1. The number of likely N-dealkylation sites (N-methyl/N-ethyl adjacent to an activating group) is 1. The zero-order valence-corrected chi connectivity index (χ0v) is 8.14. The minimum atomic E-state index is -4.23. The van der Waals surface area contributed by atoms with Crippen LogP contribution in [0, 0.1) is 0 Å². The van der Waals surface area contributed by atoms with Crippen LogP contribution in [-0.2, 0) is 4.79 Å². The maximum Gasteiger partial charge on any atom is 0.390 e. The van der Waals surface area contributed by atoms with Crippen LogP contribution in [0.1, 0.15) is 19.8 Å². The van der Waals surface area contributed by atoms with E-state index in [-0.39, 0.29) is 6.54 Å². The summed E-state index contributed by atoms with van der Waals surface area (Å²) in [5.74, 6) is -1.09. The molecule has 0 radical (unpaired) electrons. The van der Waals surface area contributed by atoms with Crippen molar-refractivity contribution in [3.05, 3.63) is 0 Å². The molecule has 0 aliphatic heterocycles. The third-order valence-electron chi connectivity index (χ3n) is 1.95. The number of carboxylic acid groups (broad SMARTS) is 1. The van der Waals surface area contributed by atoms with Gasteiger partial charge in [0.05, 0.1) is 6.42 Å². The predicted octanol–water partition coefficient (Wildman–Crippen LogP) is 1.73. The Hall–Kier alpha value is -0.780. The molecule has 0 saturated carbocycles. The molecule has 1 unspecified atom stereocenters. The van der Waals surface area contributed by atoms with Gasteiger partial charge in [0.2, 0.25) is 0 Å². The minimum Gasteiger partial charge on any atom is -0.480 e. The van der Waals surface area contributed by atoms with Crippen LogP contribution in [0.2, 0.25) is 0 Å². The summed E-state index contributed by atoms with van der Waals surface area (Å²) in [4.78, 5) is 11.8. The Labute approximate surface area is 80.5 Å². The Morgan fingerprint density at radius 3 is 2.29 bits per heavy atom. The number of carbonyl (C=O) groups is 1. The summed E-state index contributed by atoms with van der Waals surface area (Å²) < 4.78 is 35.4. The molecule has 0 aromatic heterocycles. The Kier molecular flexibility index (Phi) is 4.90. The summed E-state index contributed by atoms with van der Waals surface area (Å²) in [7, 11) is 1.38. The molecule has 0 fully saturated rings. The monoisotopic (exact) mass is 213 g/mol. The van der Waals surface area contributed by atoms with E-state index in [0.717, 1.165) is 0 Å². The van der Waals surface area contributed by atoms with Crippen molar-refractivity contribution in [3.8, 4) is 0 Å². The Morgan fingerprint density at radius 1 is 1.50 bits per heavy atom. The molecule has 6 heteroatoms. The van der Waals surface area contributed by atoms with Gasteiger partial charge in [0.1, 0.15) is 6.04 Å². The van der Waals surface area contributed by atoms with Gasteiger partial charge < -0.3 is 5.11 Å². The van der Waals surface area contributed by atoms with E-state index in [1.54, 1.807) is 6.92 Å². The van der Waals surface area contributed by atoms with Gasteiger partial charge >= 0.3 is 12.1 Å². The lowest BCUT2D eigenvalue weighted by atomic mass is 10.2. The minimum absolute atomic E-state index is 0.283. The zero-order valence-electron chi connectivity index (χ0n) is 8.14. The summed E-state index contributed by atoms with van der Waals surface area (Å²) in [6.45, 7) is 1.34. The van der Waals surface area contributed by atoms with Crippen molar-refractivity contribution < 1.29 is 23.1 Å². The summed E-state index contributed by atoms with van der Waals surface area (Å²) in [6.07, 6.45) is -4.91. The number of rotatable bonds is 5. The van der Waals surface area contributed by atoms with Crippen molar-refractivity contribution in [3.63, 3.8) is 0 Å². The molecule has 1 atom stereocenters. The fraction of sp³-hybridized carbons (Fsp3) is 0.875. The molecule has 14 heavy (non-hydrogen) atoms. The van der Waals surface area contributed by atoms with E-state index in [9.17, 15) is 18.0 Å². The van der Waals surface area contributed by atoms with E-state index in [0.29, 0.717) is 6.42 Å². The number of hydrogen-bond acceptors (Lipinski definition) is 2. The van der Waals surface area contributed by atoms with Gasteiger partial charge in [0.15, 0.2) is 0 Å². The van der Waals surface area contributed by atoms with Crippen LogP contribution in [0.4, 0.5) is 13.2 Å². The summed E-state index contributed by atoms with van der Waals surface area (Å²) in [5, 5.41) is 8.65. The van der Waals surface area contributed by atoms with Crippen LogP contribution in [0.3, 0.4) is 0 Å². The molecule has 0 saturated heterocycles. The molecular formula is C8H14F3NO2. The Balaban J connectivity index is 4.05. The Bertz CT molecular complexity index is 194. The lowest BCUT2D eigenvalue weighted by Crippen LogP contribution is -2.39. The highest BCUT2D eigenvalue weighted by atomic mass is 19.4. The van der Waals surface area contributed by atoms with Crippen LogP contribution in [0.15, 0.2) is 0 Å². The smallest absolute Gasteiger partial charge is 0.390 e. The van der Waals surface area contributed by atoms with Gasteiger partial charge in [-0.15, -0.1) is 0 Å². The van der Waals surface area contributed by atoms with E-state index in [1.165, 1.54) is 11.9 Å². The van der Waals surface area contributed by atoms with Crippen LogP contribution < -0.4 is 0 Å². The van der Waals surface area contributed by atoms with Crippen molar-refractivity contribution in [2.24, 2.45) is 0 Å². The predicted molar refractivity (Wildman–Crippen MR) is 45.0 cm³/mol. The molecule has 84 valence electrons. The van der Waals surface area contributed by atoms with Crippen LogP contribution in [0.5, 0.6) is 0 Å². The lowest BCUT2D eigenvalue weighted by Gasteiger charge is -2.23. The fourth-order valence-corrected chi connectivity index (χ4v) is 1.13. The van der Waals surface area contributed by atoms with Crippen LogP contribution >= 0.6 is 0 Å². The third kappa shape index (κ3) is 5.06. The number of hydrogen-bond donors (Lipinski definition) is 1. The third-order valence-corrected chi connectivity index (χ3v) is 1.95. The molecule has 0 aromatic rings. The van der Waals surface area contributed by atoms with E-state index in [1.807, 2.05) is 0 Å². The summed E-state index contributed by atoms with van der Waals surface area (Å²) in [6, 6.07) is -0.836. The molecule has 0 amide bonds. The molecule has 0 heterocycles. The van der Waals surface area contributed by atoms with Gasteiger partial charge in [-0.2, -0.15) is 13.2 Å². The van der Waals surface area contributed by atoms with Gasteiger partial charge in [0, 0.05) is 6.54 Å². The maximum atomic E-state index is 11.8. The highest BCUT2D eigenvalue weighted by Crippen LogP contribution is 2.20. The average Bonchev–Trinajstić information content (AvgIpc) is 2.00. The van der Waals surface area contributed by atoms with Crippen molar-refractivity contribution in [1.82, 2.24) is 4.90 Å². The standard InChI is InChI=1S/C8H14F3NO2/c1-3-6(7(13)14)12(2)5-4-8(9,10)11/h6H,3-5H2,1-2H3,(H,13,14). The van der Waals surface area contributed by atoms with E-state index in [4.69, 9.17) is 5.11 Å². The molecule has 0 aliphatic carbocycles. The first-order chi connectivity index (χ1) is 6.28. The summed E-state index contributed by atoms with van der Waals surface area (Å²) >= 11 is 0. The van der Waals surface area contributed by atoms with Gasteiger partial charge in [0.25, 0.3) is 0 Å². The fourth-order valence-electron chi connectivity index (χ4n) is 1.13. The van der Waals surface area contributed by atoms with E-state index in [2.05, 4.69) is 0 Å². The van der Waals surface area contributed by atoms with Crippen molar-refractivity contribution in [2.45, 2.75) is 32.0 Å². The van der Waals surface area contributed by atoms with E-state index >= 15 is 0 Å². The number of nitrogens with zero attached hydrogens (tertiary/aromatic N) is 1.